The number of thiazole rings is 1. The molecular weight excluding hydrogens is 489 g/mol. The Labute approximate surface area is 196 Å². The van der Waals surface area contributed by atoms with Crippen molar-refractivity contribution in [3.05, 3.63) is 58.9 Å². The van der Waals surface area contributed by atoms with Crippen LogP contribution in [0.1, 0.15) is 12.0 Å². The maximum Gasteiger partial charge on any atom is 0.249 e. The average molecular weight is 513 g/mol. The third-order valence-electron chi connectivity index (χ3n) is 4.68. The van der Waals surface area contributed by atoms with Crippen molar-refractivity contribution in [2.24, 2.45) is 4.99 Å². The van der Waals surface area contributed by atoms with E-state index in [0.717, 1.165) is 17.5 Å². The molecule has 0 saturated carbocycles. The van der Waals surface area contributed by atoms with Gasteiger partial charge in [0.15, 0.2) is 24.5 Å². The van der Waals surface area contributed by atoms with Gasteiger partial charge in [-0.05, 0) is 30.0 Å². The lowest BCUT2D eigenvalue weighted by atomic mass is 10.2. The third-order valence-corrected chi connectivity index (χ3v) is 9.02. The molecule has 7 nitrogen and oxygen atoms in total. The van der Waals surface area contributed by atoms with E-state index in [2.05, 4.69) is 4.99 Å². The molecule has 3 rings (SSSR count). The van der Waals surface area contributed by atoms with Gasteiger partial charge < -0.3 is 4.57 Å². The summed E-state index contributed by atoms with van der Waals surface area (Å²) < 4.78 is 51.1. The standard InChI is InChI=1S/C21H24N2O5S4/c1-29-12-11-23-18-9-8-17(31(2,25)26)14-19(18)30-21(23)22-20(24)10-13-32(27,28)15-16-6-4-3-5-7-16/h3-9,14H,10-13,15H2,1-2H3. The minimum absolute atomic E-state index is 0.119. The van der Waals surface area contributed by atoms with E-state index >= 15 is 0 Å². The van der Waals surface area contributed by atoms with Crippen LogP contribution in [-0.2, 0) is 36.8 Å². The quantitative estimate of drug-likeness (QED) is 0.437. The first kappa shape index (κ1) is 24.7. The van der Waals surface area contributed by atoms with Crippen LogP contribution in [0.5, 0.6) is 0 Å². The second kappa shape index (κ2) is 10.3. The molecule has 1 heterocycles. The van der Waals surface area contributed by atoms with E-state index in [9.17, 15) is 21.6 Å². The van der Waals surface area contributed by atoms with E-state index in [-0.39, 0.29) is 22.8 Å². The number of hydrogen-bond donors (Lipinski definition) is 0. The fourth-order valence-electron chi connectivity index (χ4n) is 3.07. The number of rotatable bonds is 9. The molecule has 0 spiro atoms. The first-order valence-corrected chi connectivity index (χ1v) is 15.7. The SMILES string of the molecule is CSCCn1c(=NC(=O)CCS(=O)(=O)Cc2ccccc2)sc2cc(S(C)(=O)=O)ccc21. The van der Waals surface area contributed by atoms with Gasteiger partial charge in [0.05, 0.1) is 26.6 Å². The first-order valence-electron chi connectivity index (χ1n) is 9.73. The summed E-state index contributed by atoms with van der Waals surface area (Å²) in [5, 5.41) is 0. The minimum Gasteiger partial charge on any atom is -0.316 e. The Hall–Kier alpha value is -1.95. The fraction of sp³-hybridized carbons (Fsp3) is 0.333. The molecule has 0 aliphatic heterocycles. The zero-order chi connectivity index (χ0) is 23.4. The molecule has 0 aliphatic carbocycles. The monoisotopic (exact) mass is 512 g/mol. The van der Waals surface area contributed by atoms with Crippen LogP contribution >= 0.6 is 23.1 Å². The molecule has 11 heteroatoms. The fourth-order valence-corrected chi connectivity index (χ4v) is 6.60. The zero-order valence-electron chi connectivity index (χ0n) is 17.7. The van der Waals surface area contributed by atoms with Crippen LogP contribution in [0, 0.1) is 0 Å². The summed E-state index contributed by atoms with van der Waals surface area (Å²) in [5.41, 5.74) is 1.47. The van der Waals surface area contributed by atoms with Gasteiger partial charge >= 0.3 is 0 Å². The van der Waals surface area contributed by atoms with Crippen molar-refractivity contribution in [3.63, 3.8) is 0 Å². The molecule has 0 saturated heterocycles. The van der Waals surface area contributed by atoms with E-state index in [1.807, 2.05) is 16.9 Å². The number of amides is 1. The van der Waals surface area contributed by atoms with Gasteiger partial charge in [0.25, 0.3) is 0 Å². The highest BCUT2D eigenvalue weighted by Crippen LogP contribution is 2.22. The number of fused-ring (bicyclic) bond motifs is 1. The van der Waals surface area contributed by atoms with E-state index in [0.29, 0.717) is 21.6 Å². The van der Waals surface area contributed by atoms with Crippen LogP contribution in [0.25, 0.3) is 10.2 Å². The summed E-state index contributed by atoms with van der Waals surface area (Å²) >= 11 is 2.86. The molecule has 2 aromatic carbocycles. The molecule has 1 aromatic heterocycles. The van der Waals surface area contributed by atoms with Gasteiger partial charge in [-0.2, -0.15) is 16.8 Å². The molecule has 32 heavy (non-hydrogen) atoms. The summed E-state index contributed by atoms with van der Waals surface area (Å²) in [6.07, 6.45) is 2.91. The molecule has 1 amide bonds. The highest BCUT2D eigenvalue weighted by molar-refractivity contribution is 7.98. The molecule has 0 N–H and O–H groups in total. The molecule has 0 aliphatic rings. The van der Waals surface area contributed by atoms with E-state index < -0.39 is 25.6 Å². The molecular formula is C21H24N2O5S4. The van der Waals surface area contributed by atoms with Crippen LogP contribution in [0.4, 0.5) is 0 Å². The predicted octanol–water partition coefficient (Wildman–Crippen LogP) is 2.90. The lowest BCUT2D eigenvalue weighted by Crippen LogP contribution is -2.19. The largest absolute Gasteiger partial charge is 0.316 e. The second-order valence-corrected chi connectivity index (χ2v) is 13.5. The topological polar surface area (TPSA) is 103 Å². The van der Waals surface area contributed by atoms with Gasteiger partial charge in [-0.3, -0.25) is 4.79 Å². The Morgan fingerprint density at radius 2 is 1.81 bits per heavy atom. The van der Waals surface area contributed by atoms with Crippen LogP contribution in [0.3, 0.4) is 0 Å². The first-order chi connectivity index (χ1) is 15.1. The highest BCUT2D eigenvalue weighted by Gasteiger charge is 2.16. The van der Waals surface area contributed by atoms with E-state index in [4.69, 9.17) is 0 Å². The van der Waals surface area contributed by atoms with Crippen molar-refractivity contribution in [2.75, 3.05) is 24.0 Å². The Kier molecular flexibility index (Phi) is 7.97. The zero-order valence-corrected chi connectivity index (χ0v) is 21.0. The summed E-state index contributed by atoms with van der Waals surface area (Å²) in [7, 11) is -6.81. The lowest BCUT2D eigenvalue weighted by Gasteiger charge is -2.05. The summed E-state index contributed by atoms with van der Waals surface area (Å²) in [4.78, 5) is 17.3. The summed E-state index contributed by atoms with van der Waals surface area (Å²) in [5.74, 6) is -0.133. The Balaban J connectivity index is 1.86. The Bertz CT molecular complexity index is 1390. The maximum atomic E-state index is 12.5. The van der Waals surface area contributed by atoms with E-state index in [1.165, 1.54) is 11.3 Å². The van der Waals surface area contributed by atoms with Gasteiger partial charge in [-0.25, -0.2) is 16.8 Å². The number of carbonyl (C=O) groups excluding carboxylic acids is 1. The van der Waals surface area contributed by atoms with Crippen LogP contribution in [-0.4, -0.2) is 51.3 Å². The highest BCUT2D eigenvalue weighted by atomic mass is 32.2. The normalized spacial score (nSPS) is 13.0. The predicted molar refractivity (Wildman–Crippen MR) is 130 cm³/mol. The molecule has 0 bridgehead atoms. The van der Waals surface area contributed by atoms with Gasteiger partial charge in [0, 0.05) is 25.0 Å². The molecule has 0 unspecified atom stereocenters. The number of carbonyl (C=O) groups is 1. The van der Waals surface area contributed by atoms with Crippen molar-refractivity contribution in [3.8, 4) is 0 Å². The number of thioether (sulfide) groups is 1. The second-order valence-electron chi connectivity index (χ2n) is 7.26. The van der Waals surface area contributed by atoms with Crippen LogP contribution < -0.4 is 4.80 Å². The van der Waals surface area contributed by atoms with Crippen molar-refractivity contribution < 1.29 is 21.6 Å². The Morgan fingerprint density at radius 3 is 2.47 bits per heavy atom. The van der Waals surface area contributed by atoms with Crippen molar-refractivity contribution in [1.82, 2.24) is 4.57 Å². The number of nitrogens with zero attached hydrogens (tertiary/aromatic N) is 2. The molecule has 0 atom stereocenters. The van der Waals surface area contributed by atoms with Gasteiger partial charge in [-0.1, -0.05) is 41.7 Å². The maximum absolute atomic E-state index is 12.5. The number of hydrogen-bond acceptors (Lipinski definition) is 7. The summed E-state index contributed by atoms with van der Waals surface area (Å²) in [6, 6.07) is 13.7. The summed E-state index contributed by atoms with van der Waals surface area (Å²) in [6.45, 7) is 0.595. The average Bonchev–Trinajstić information content (AvgIpc) is 3.06. The van der Waals surface area contributed by atoms with Gasteiger partial charge in [0.2, 0.25) is 5.91 Å². The van der Waals surface area contributed by atoms with Gasteiger partial charge in [0.1, 0.15) is 0 Å². The minimum atomic E-state index is -3.45. The van der Waals surface area contributed by atoms with Crippen molar-refractivity contribution in [1.29, 1.82) is 0 Å². The van der Waals surface area contributed by atoms with E-state index in [1.54, 1.807) is 54.2 Å². The molecule has 3 aromatic rings. The van der Waals surface area contributed by atoms with Crippen LogP contribution in [0.15, 0.2) is 58.4 Å². The number of aryl methyl sites for hydroxylation is 1. The number of sulfone groups is 2. The van der Waals surface area contributed by atoms with Crippen molar-refractivity contribution >= 4 is 58.9 Å². The third kappa shape index (κ3) is 6.53. The van der Waals surface area contributed by atoms with Crippen molar-refractivity contribution in [2.45, 2.75) is 23.6 Å². The number of aromatic nitrogens is 1. The number of benzene rings is 2. The molecule has 172 valence electrons. The smallest absolute Gasteiger partial charge is 0.249 e. The molecule has 0 fully saturated rings. The van der Waals surface area contributed by atoms with Crippen LogP contribution in [0.2, 0.25) is 0 Å². The molecule has 0 radical (unpaired) electrons. The van der Waals surface area contributed by atoms with Gasteiger partial charge in [-0.15, -0.1) is 0 Å². The lowest BCUT2D eigenvalue weighted by molar-refractivity contribution is -0.117. The Morgan fingerprint density at radius 1 is 1.09 bits per heavy atom.